The summed E-state index contributed by atoms with van der Waals surface area (Å²) < 4.78 is 0. The summed E-state index contributed by atoms with van der Waals surface area (Å²) in [6.07, 6.45) is 9.27. The van der Waals surface area contributed by atoms with Crippen LogP contribution in [0.4, 0.5) is 0 Å². The zero-order valence-corrected chi connectivity index (χ0v) is 19.5. The molecule has 172 valence electrons. The minimum atomic E-state index is -0.683. The summed E-state index contributed by atoms with van der Waals surface area (Å²) in [5.41, 5.74) is 0.480. The van der Waals surface area contributed by atoms with E-state index < -0.39 is 5.97 Å². The highest BCUT2D eigenvalue weighted by Gasteiger charge is 2.64. The molecule has 3 N–H and O–H groups in total. The highest BCUT2D eigenvalue weighted by atomic mass is 16.4. The van der Waals surface area contributed by atoms with Crippen LogP contribution in [0.15, 0.2) is 0 Å². The number of aliphatic carboxylic acids is 1. The Labute approximate surface area is 182 Å². The number of hydrogen-bond acceptors (Lipinski definition) is 3. The van der Waals surface area contributed by atoms with Crippen LogP contribution < -0.4 is 0 Å². The number of rotatable bonds is 5. The molecule has 0 saturated heterocycles. The van der Waals surface area contributed by atoms with Gasteiger partial charge in [-0.25, -0.2) is 0 Å². The van der Waals surface area contributed by atoms with Crippen molar-refractivity contribution in [2.24, 2.45) is 52.3 Å². The first-order valence-corrected chi connectivity index (χ1v) is 12.7. The van der Waals surface area contributed by atoms with Gasteiger partial charge in [-0.2, -0.15) is 0 Å². The lowest BCUT2D eigenvalue weighted by Crippen LogP contribution is -2.62. The molecule has 4 saturated carbocycles. The van der Waals surface area contributed by atoms with Crippen molar-refractivity contribution in [3.8, 4) is 0 Å². The van der Waals surface area contributed by atoms with Crippen LogP contribution in [0.25, 0.3) is 0 Å². The summed E-state index contributed by atoms with van der Waals surface area (Å²) in [4.78, 5) is 11.1. The quantitative estimate of drug-likeness (QED) is 0.577. The van der Waals surface area contributed by atoms with E-state index >= 15 is 0 Å². The molecule has 4 nitrogen and oxygen atoms in total. The molecule has 11 atom stereocenters. The van der Waals surface area contributed by atoms with E-state index in [1.807, 2.05) is 0 Å². The lowest BCUT2D eigenvalue weighted by molar-refractivity contribution is -0.203. The van der Waals surface area contributed by atoms with Gasteiger partial charge in [0.25, 0.3) is 0 Å². The summed E-state index contributed by atoms with van der Waals surface area (Å²) in [6, 6.07) is 0. The van der Waals surface area contributed by atoms with Crippen LogP contribution in [0.1, 0.15) is 91.9 Å². The largest absolute Gasteiger partial charge is 0.481 e. The van der Waals surface area contributed by atoms with Gasteiger partial charge in [-0.1, -0.05) is 34.1 Å². The zero-order valence-electron chi connectivity index (χ0n) is 19.5. The maximum absolute atomic E-state index is 11.7. The number of carbonyl (C=O) groups is 1. The van der Waals surface area contributed by atoms with E-state index in [0.717, 1.165) is 32.1 Å². The molecule has 0 aromatic rings. The molecule has 4 aliphatic carbocycles. The van der Waals surface area contributed by atoms with Crippen molar-refractivity contribution in [3.05, 3.63) is 0 Å². The van der Waals surface area contributed by atoms with Crippen molar-refractivity contribution in [1.29, 1.82) is 0 Å². The molecule has 0 aromatic carbocycles. The Morgan fingerprint density at radius 1 is 1.00 bits per heavy atom. The summed E-state index contributed by atoms with van der Waals surface area (Å²) in [5.74, 6) is 2.58. The molecule has 4 rings (SSSR count). The predicted molar refractivity (Wildman–Crippen MR) is 118 cm³/mol. The van der Waals surface area contributed by atoms with Gasteiger partial charge in [0, 0.05) is 6.42 Å². The Bertz CT molecular complexity index is 649. The summed E-state index contributed by atoms with van der Waals surface area (Å²) >= 11 is 0. The number of carboxylic acids is 1. The Kier molecular flexibility index (Phi) is 6.07. The normalized spacial score (nSPS) is 51.5. The smallest absolute Gasteiger partial charge is 0.303 e. The topological polar surface area (TPSA) is 77.8 Å². The van der Waals surface area contributed by atoms with Gasteiger partial charge in [-0.05, 0) is 104 Å². The lowest BCUT2D eigenvalue weighted by Gasteiger charge is -2.64. The maximum atomic E-state index is 11.7. The van der Waals surface area contributed by atoms with Gasteiger partial charge in [0.1, 0.15) is 0 Å². The summed E-state index contributed by atoms with van der Waals surface area (Å²) in [6.45, 7) is 9.44. The van der Waals surface area contributed by atoms with Crippen LogP contribution >= 0.6 is 0 Å². The number of aliphatic hydroxyl groups excluding tert-OH is 2. The van der Waals surface area contributed by atoms with Gasteiger partial charge in [0.15, 0.2) is 0 Å². The van der Waals surface area contributed by atoms with Gasteiger partial charge < -0.3 is 15.3 Å². The second-order valence-corrected chi connectivity index (χ2v) is 12.0. The zero-order chi connectivity index (χ0) is 21.8. The molecule has 0 aromatic heterocycles. The molecule has 4 heteroatoms. The van der Waals surface area contributed by atoms with Gasteiger partial charge >= 0.3 is 5.97 Å². The third-order valence-corrected chi connectivity index (χ3v) is 11.0. The van der Waals surface area contributed by atoms with E-state index in [-0.39, 0.29) is 29.5 Å². The molecule has 0 radical (unpaired) electrons. The maximum Gasteiger partial charge on any atom is 0.303 e. The third-order valence-electron chi connectivity index (χ3n) is 11.0. The fraction of sp³-hybridized carbons (Fsp3) is 0.962. The lowest BCUT2D eigenvalue weighted by atomic mass is 9.41. The number of carboxylic acid groups (broad SMARTS) is 1. The number of fused-ring (bicyclic) bond motifs is 5. The molecule has 0 amide bonds. The minimum absolute atomic E-state index is 0.194. The van der Waals surface area contributed by atoms with Crippen LogP contribution in [0.2, 0.25) is 0 Å². The molecule has 1 unspecified atom stereocenters. The minimum Gasteiger partial charge on any atom is -0.481 e. The van der Waals surface area contributed by atoms with Crippen LogP contribution in [0.5, 0.6) is 0 Å². The summed E-state index contributed by atoms with van der Waals surface area (Å²) in [5, 5.41) is 31.3. The molecule has 4 aliphatic rings. The number of hydrogen-bond donors (Lipinski definition) is 3. The Hall–Kier alpha value is -0.610. The van der Waals surface area contributed by atoms with Crippen molar-refractivity contribution in [2.45, 2.75) is 104 Å². The second kappa shape index (κ2) is 8.06. The average molecular weight is 421 g/mol. The van der Waals surface area contributed by atoms with E-state index in [1.165, 1.54) is 25.7 Å². The first kappa shape index (κ1) is 22.6. The highest BCUT2D eigenvalue weighted by Crippen LogP contribution is 2.69. The Balaban J connectivity index is 1.61. The van der Waals surface area contributed by atoms with E-state index in [1.54, 1.807) is 0 Å². The summed E-state index contributed by atoms with van der Waals surface area (Å²) in [7, 11) is 0. The third kappa shape index (κ3) is 3.36. The van der Waals surface area contributed by atoms with Gasteiger partial charge in [0.2, 0.25) is 0 Å². The first-order chi connectivity index (χ1) is 14.1. The molecule has 0 bridgehead atoms. The fourth-order valence-corrected chi connectivity index (χ4v) is 9.48. The van der Waals surface area contributed by atoms with Gasteiger partial charge in [-0.3, -0.25) is 4.79 Å². The monoisotopic (exact) mass is 420 g/mol. The molecule has 30 heavy (non-hydrogen) atoms. The first-order valence-electron chi connectivity index (χ1n) is 12.7. The Morgan fingerprint density at radius 3 is 2.33 bits per heavy atom. The van der Waals surface area contributed by atoms with Crippen molar-refractivity contribution in [3.63, 3.8) is 0 Å². The van der Waals surface area contributed by atoms with Crippen LogP contribution in [0, 0.1) is 52.3 Å². The van der Waals surface area contributed by atoms with Crippen molar-refractivity contribution >= 4 is 5.97 Å². The SMILES string of the molecule is CC[C@H]1[C@@H](O)C2[C@@H]3CC[C@H]([C@H](C)CCC(=O)O)[C@@]3(C)CC[C@@H]2[C@@]2(C)CC[C@@H](O)C[C@@H]12. The van der Waals surface area contributed by atoms with E-state index in [2.05, 4.69) is 27.7 Å². The van der Waals surface area contributed by atoms with Crippen LogP contribution in [-0.2, 0) is 4.79 Å². The van der Waals surface area contributed by atoms with Crippen LogP contribution in [0.3, 0.4) is 0 Å². The molecular weight excluding hydrogens is 376 g/mol. The van der Waals surface area contributed by atoms with E-state index in [4.69, 9.17) is 5.11 Å². The fourth-order valence-electron chi connectivity index (χ4n) is 9.48. The molecule has 0 spiro atoms. The second-order valence-electron chi connectivity index (χ2n) is 12.0. The van der Waals surface area contributed by atoms with Crippen LogP contribution in [-0.4, -0.2) is 33.5 Å². The Morgan fingerprint density at radius 2 is 1.67 bits per heavy atom. The van der Waals surface area contributed by atoms with Crippen molar-refractivity contribution < 1.29 is 20.1 Å². The standard InChI is InChI=1S/C26H44O4/c1-5-17-21-14-16(27)10-12-26(21,4)20-11-13-25(3)18(15(2)6-9-22(28)29)7-8-19(25)23(20)24(17)30/h15-21,23-24,27,30H,5-14H2,1-4H3,(H,28,29)/t15-,16-,17-,18-,19+,20+,21+,23?,24-,25-,26-/m1/s1. The van der Waals surface area contributed by atoms with Gasteiger partial charge in [-0.15, -0.1) is 0 Å². The predicted octanol–water partition coefficient (Wildman–Crippen LogP) is 5.11. The van der Waals surface area contributed by atoms with E-state index in [9.17, 15) is 15.0 Å². The van der Waals surface area contributed by atoms with Crippen molar-refractivity contribution in [1.82, 2.24) is 0 Å². The van der Waals surface area contributed by atoms with Crippen molar-refractivity contribution in [2.75, 3.05) is 0 Å². The molecule has 0 heterocycles. The van der Waals surface area contributed by atoms with Gasteiger partial charge in [0.05, 0.1) is 12.2 Å². The molecule has 4 fully saturated rings. The van der Waals surface area contributed by atoms with E-state index in [0.29, 0.717) is 41.4 Å². The number of aliphatic hydroxyl groups is 2. The average Bonchev–Trinajstić information content (AvgIpc) is 3.05. The molecular formula is C26H44O4. The highest BCUT2D eigenvalue weighted by molar-refractivity contribution is 5.66. The molecule has 0 aliphatic heterocycles.